The van der Waals surface area contributed by atoms with Gasteiger partial charge in [0.15, 0.2) is 0 Å². The molecule has 1 heteroatoms. The van der Waals surface area contributed by atoms with Crippen molar-refractivity contribution in [3.63, 3.8) is 0 Å². The average molecular weight is 448 g/mol. The fourth-order valence-electron chi connectivity index (χ4n) is 9.69. The third-order valence-corrected chi connectivity index (χ3v) is 11.4. The summed E-state index contributed by atoms with van der Waals surface area (Å²) >= 11 is 0. The summed E-state index contributed by atoms with van der Waals surface area (Å²) in [6.07, 6.45) is 26.0. The third-order valence-electron chi connectivity index (χ3n) is 11.4. The van der Waals surface area contributed by atoms with Gasteiger partial charge < -0.3 is 4.90 Å². The molecule has 4 fully saturated rings. The standard InChI is InChI=1S/C32H49N/c1-6-10-25-14-17-27-29-18-11-23(3)32(29,5)22-28(30(27)31(25,4)19-7-2)24-12-15-26(16-13-24)33-20-8-9-21-33/h6,10,12,15-16,23-24,27-30H,1,7-9,11,13-14,17-22H2,2-5H3/b25-10-. The maximum Gasteiger partial charge on any atom is 0.0322 e. The number of likely N-dealkylation sites (tertiary alicyclic amines) is 1. The van der Waals surface area contributed by atoms with Gasteiger partial charge in [0.05, 0.1) is 0 Å². The maximum atomic E-state index is 4.11. The van der Waals surface area contributed by atoms with E-state index in [2.05, 4.69) is 69.6 Å². The molecule has 0 aromatic carbocycles. The van der Waals surface area contributed by atoms with Gasteiger partial charge in [-0.05, 0) is 110 Å². The highest BCUT2D eigenvalue weighted by Gasteiger charge is 2.61. The molecule has 5 rings (SSSR count). The van der Waals surface area contributed by atoms with Gasteiger partial charge in [-0.2, -0.15) is 0 Å². The predicted molar refractivity (Wildman–Crippen MR) is 142 cm³/mol. The summed E-state index contributed by atoms with van der Waals surface area (Å²) in [7, 11) is 0. The molecule has 0 aromatic heterocycles. The lowest BCUT2D eigenvalue weighted by Crippen LogP contribution is -2.55. The predicted octanol–water partition coefficient (Wildman–Crippen LogP) is 8.56. The van der Waals surface area contributed by atoms with Gasteiger partial charge in [-0.1, -0.05) is 70.6 Å². The Balaban J connectivity index is 1.51. The Hall–Kier alpha value is -1.24. The molecular formula is C32H49N. The largest absolute Gasteiger partial charge is 0.372 e. The van der Waals surface area contributed by atoms with Gasteiger partial charge in [-0.15, -0.1) is 0 Å². The molecule has 0 bridgehead atoms. The Labute approximate surface area is 204 Å². The third kappa shape index (κ3) is 3.81. The highest BCUT2D eigenvalue weighted by Crippen LogP contribution is 2.69. The van der Waals surface area contributed by atoms with Crippen LogP contribution in [0, 0.1) is 46.3 Å². The van der Waals surface area contributed by atoms with E-state index in [0.29, 0.717) is 16.7 Å². The van der Waals surface area contributed by atoms with Crippen molar-refractivity contribution in [2.24, 2.45) is 46.3 Å². The summed E-state index contributed by atoms with van der Waals surface area (Å²) in [4.78, 5) is 2.62. The highest BCUT2D eigenvalue weighted by molar-refractivity contribution is 5.29. The molecule has 5 aliphatic rings. The second-order valence-corrected chi connectivity index (χ2v) is 12.9. The normalized spacial score (nSPS) is 46.2. The molecule has 8 unspecified atom stereocenters. The SMILES string of the molecule is C=C/C=C1/CCC2C(C(C3C=CC(N4CCCC4)=CC3)CC3(C)C(C)CCC23)C1(C)CCC. The smallest absolute Gasteiger partial charge is 0.0322 e. The summed E-state index contributed by atoms with van der Waals surface area (Å²) in [6, 6.07) is 0. The van der Waals surface area contributed by atoms with Crippen molar-refractivity contribution >= 4 is 0 Å². The lowest BCUT2D eigenvalue weighted by atomic mass is 9.43. The van der Waals surface area contributed by atoms with Gasteiger partial charge in [-0.3, -0.25) is 0 Å². The first kappa shape index (κ1) is 23.5. The molecule has 1 aliphatic heterocycles. The Morgan fingerprint density at radius 3 is 2.58 bits per heavy atom. The monoisotopic (exact) mass is 447 g/mol. The molecule has 1 heterocycles. The van der Waals surface area contributed by atoms with Crippen LogP contribution in [0.15, 0.2) is 48.2 Å². The molecule has 1 saturated heterocycles. The van der Waals surface area contributed by atoms with E-state index in [4.69, 9.17) is 0 Å². The number of hydrogen-bond donors (Lipinski definition) is 0. The molecule has 3 saturated carbocycles. The van der Waals surface area contributed by atoms with Gasteiger partial charge in [0.2, 0.25) is 0 Å². The Kier molecular flexibility index (Phi) is 6.47. The molecule has 0 spiro atoms. The van der Waals surface area contributed by atoms with E-state index in [1.54, 1.807) is 5.57 Å². The average Bonchev–Trinajstić information content (AvgIpc) is 3.44. The molecule has 1 nitrogen and oxygen atoms in total. The van der Waals surface area contributed by atoms with Gasteiger partial charge in [0.1, 0.15) is 0 Å². The molecule has 4 aliphatic carbocycles. The highest BCUT2D eigenvalue weighted by atomic mass is 15.1. The number of nitrogens with zero attached hydrogens (tertiary/aromatic N) is 1. The summed E-state index contributed by atoms with van der Waals surface area (Å²) in [5.74, 6) is 5.10. The summed E-state index contributed by atoms with van der Waals surface area (Å²) in [5.41, 5.74) is 4.12. The van der Waals surface area contributed by atoms with Crippen LogP contribution in [0.2, 0.25) is 0 Å². The van der Waals surface area contributed by atoms with Gasteiger partial charge in [0.25, 0.3) is 0 Å². The molecule has 182 valence electrons. The van der Waals surface area contributed by atoms with Crippen LogP contribution in [0.1, 0.15) is 91.9 Å². The summed E-state index contributed by atoms with van der Waals surface area (Å²) < 4.78 is 0. The van der Waals surface area contributed by atoms with Gasteiger partial charge in [0, 0.05) is 18.8 Å². The molecular weight excluding hydrogens is 398 g/mol. The van der Waals surface area contributed by atoms with Crippen molar-refractivity contribution < 1.29 is 0 Å². The summed E-state index contributed by atoms with van der Waals surface area (Å²) in [5, 5.41) is 0. The number of rotatable bonds is 5. The maximum absolute atomic E-state index is 4.11. The first-order chi connectivity index (χ1) is 15.9. The van der Waals surface area contributed by atoms with Crippen molar-refractivity contribution in [1.82, 2.24) is 4.90 Å². The van der Waals surface area contributed by atoms with E-state index in [0.717, 1.165) is 29.6 Å². The second kappa shape index (κ2) is 9.09. The number of fused-ring (bicyclic) bond motifs is 3. The van der Waals surface area contributed by atoms with Crippen molar-refractivity contribution in [2.45, 2.75) is 91.9 Å². The minimum absolute atomic E-state index is 0.344. The zero-order valence-electron chi connectivity index (χ0n) is 22.0. The quantitative estimate of drug-likeness (QED) is 0.408. The molecule has 0 radical (unpaired) electrons. The Morgan fingerprint density at radius 2 is 1.91 bits per heavy atom. The van der Waals surface area contributed by atoms with Crippen molar-refractivity contribution in [2.75, 3.05) is 13.1 Å². The van der Waals surface area contributed by atoms with Crippen LogP contribution >= 0.6 is 0 Å². The first-order valence-corrected chi connectivity index (χ1v) is 14.4. The van der Waals surface area contributed by atoms with E-state index in [-0.39, 0.29) is 0 Å². The van der Waals surface area contributed by atoms with Crippen molar-refractivity contribution in [3.8, 4) is 0 Å². The van der Waals surface area contributed by atoms with E-state index in [1.165, 1.54) is 83.0 Å². The lowest BCUT2D eigenvalue weighted by Gasteiger charge is -2.62. The van der Waals surface area contributed by atoms with Crippen LogP contribution in [0.5, 0.6) is 0 Å². The fraction of sp³-hybridized carbons (Fsp3) is 0.750. The van der Waals surface area contributed by atoms with Crippen LogP contribution in [-0.2, 0) is 0 Å². The zero-order valence-corrected chi connectivity index (χ0v) is 22.0. The Bertz CT molecular complexity index is 825. The van der Waals surface area contributed by atoms with Crippen LogP contribution in [-0.4, -0.2) is 18.0 Å². The number of hydrogen-bond acceptors (Lipinski definition) is 1. The minimum atomic E-state index is 0.344. The van der Waals surface area contributed by atoms with Crippen molar-refractivity contribution in [1.29, 1.82) is 0 Å². The molecule has 8 atom stereocenters. The Morgan fingerprint density at radius 1 is 1.12 bits per heavy atom. The number of allylic oxidation sites excluding steroid dienone is 6. The second-order valence-electron chi connectivity index (χ2n) is 12.9. The zero-order chi connectivity index (χ0) is 23.2. The van der Waals surface area contributed by atoms with E-state index in [1.807, 2.05) is 0 Å². The molecule has 0 N–H and O–H groups in total. The van der Waals surface area contributed by atoms with Crippen LogP contribution in [0.25, 0.3) is 0 Å². The van der Waals surface area contributed by atoms with E-state index < -0.39 is 0 Å². The van der Waals surface area contributed by atoms with E-state index in [9.17, 15) is 0 Å². The summed E-state index contributed by atoms with van der Waals surface area (Å²) in [6.45, 7) is 17.0. The van der Waals surface area contributed by atoms with Crippen molar-refractivity contribution in [3.05, 3.63) is 48.2 Å². The van der Waals surface area contributed by atoms with Crippen LogP contribution in [0.3, 0.4) is 0 Å². The lowest BCUT2D eigenvalue weighted by molar-refractivity contribution is -0.0988. The van der Waals surface area contributed by atoms with Crippen LogP contribution in [0.4, 0.5) is 0 Å². The van der Waals surface area contributed by atoms with Gasteiger partial charge in [-0.25, -0.2) is 0 Å². The fourth-order valence-corrected chi connectivity index (χ4v) is 9.69. The molecule has 0 aromatic rings. The molecule has 0 amide bonds. The minimum Gasteiger partial charge on any atom is -0.372 e. The topological polar surface area (TPSA) is 3.24 Å². The van der Waals surface area contributed by atoms with Gasteiger partial charge >= 0.3 is 0 Å². The first-order valence-electron chi connectivity index (χ1n) is 14.4. The van der Waals surface area contributed by atoms with Crippen LogP contribution < -0.4 is 0 Å². The molecule has 33 heavy (non-hydrogen) atoms. The van der Waals surface area contributed by atoms with E-state index >= 15 is 0 Å².